The van der Waals surface area contributed by atoms with E-state index in [9.17, 15) is 5.11 Å². The third-order valence-corrected chi connectivity index (χ3v) is 3.85. The third kappa shape index (κ3) is 1.43. The predicted octanol–water partition coefficient (Wildman–Crippen LogP) is 2.09. The molecule has 16 heavy (non-hydrogen) atoms. The number of likely N-dealkylation sites (N-methyl/N-ethyl adjacent to an activating group) is 1. The molecule has 1 aromatic rings. The van der Waals surface area contributed by atoms with Gasteiger partial charge in [0.05, 0.1) is 13.1 Å². The molecule has 1 heterocycles. The van der Waals surface area contributed by atoms with E-state index in [0.717, 1.165) is 17.6 Å². The summed E-state index contributed by atoms with van der Waals surface area (Å²) in [6, 6.07) is 6.52. The molecule has 88 valence electrons. The van der Waals surface area contributed by atoms with Crippen LogP contribution < -0.4 is 9.80 Å². The van der Waals surface area contributed by atoms with Gasteiger partial charge < -0.3 is 10.4 Å². The van der Waals surface area contributed by atoms with Gasteiger partial charge in [0.2, 0.25) is 0 Å². The first-order chi connectivity index (χ1) is 7.67. The topological polar surface area (TPSA) is 32.3 Å². The highest BCUT2D eigenvalue weighted by atomic mass is 16.3. The molecule has 2 N–H and O–H groups in total. The SMILES string of the molecule is CC[N+]1(CC)c2ccc(C)cc2NC1CO. The van der Waals surface area contributed by atoms with Gasteiger partial charge in [0, 0.05) is 6.07 Å². The number of fused-ring (bicyclic) bond motifs is 1. The largest absolute Gasteiger partial charge is 0.388 e. The van der Waals surface area contributed by atoms with Crippen molar-refractivity contribution in [1.29, 1.82) is 0 Å². The van der Waals surface area contributed by atoms with Crippen LogP contribution in [0, 0.1) is 6.92 Å². The van der Waals surface area contributed by atoms with Crippen LogP contribution in [0.2, 0.25) is 0 Å². The van der Waals surface area contributed by atoms with Crippen molar-refractivity contribution in [3.63, 3.8) is 0 Å². The maximum absolute atomic E-state index is 9.53. The molecule has 0 aliphatic carbocycles. The second-order valence-corrected chi connectivity index (χ2v) is 4.53. The van der Waals surface area contributed by atoms with Gasteiger partial charge in [-0.15, -0.1) is 0 Å². The molecule has 1 aromatic carbocycles. The summed E-state index contributed by atoms with van der Waals surface area (Å²) in [5.41, 5.74) is 3.76. The van der Waals surface area contributed by atoms with E-state index >= 15 is 0 Å². The fourth-order valence-corrected chi connectivity index (χ4v) is 2.83. The van der Waals surface area contributed by atoms with Crippen molar-refractivity contribution in [3.8, 4) is 0 Å². The summed E-state index contributed by atoms with van der Waals surface area (Å²) in [5, 5.41) is 13.0. The number of nitrogens with zero attached hydrogens (tertiary/aromatic N) is 1. The van der Waals surface area contributed by atoms with E-state index in [4.69, 9.17) is 0 Å². The Morgan fingerprint density at radius 3 is 2.56 bits per heavy atom. The first kappa shape index (κ1) is 11.4. The maximum atomic E-state index is 9.53. The summed E-state index contributed by atoms with van der Waals surface area (Å²) in [5.74, 6) is 0. The lowest BCUT2D eigenvalue weighted by atomic mass is 10.1. The summed E-state index contributed by atoms with van der Waals surface area (Å²) in [6.45, 7) is 8.65. The Balaban J connectivity index is 2.52. The van der Waals surface area contributed by atoms with Gasteiger partial charge in [-0.2, -0.15) is 0 Å². The molecular formula is C13H21N2O+. The van der Waals surface area contributed by atoms with Gasteiger partial charge in [0.25, 0.3) is 0 Å². The van der Waals surface area contributed by atoms with Crippen LogP contribution in [0.15, 0.2) is 18.2 Å². The lowest BCUT2D eigenvalue weighted by Crippen LogP contribution is -2.57. The molecule has 1 atom stereocenters. The average molecular weight is 221 g/mol. The van der Waals surface area contributed by atoms with Gasteiger partial charge in [0.15, 0.2) is 11.9 Å². The van der Waals surface area contributed by atoms with E-state index in [1.165, 1.54) is 16.9 Å². The fraction of sp³-hybridized carbons (Fsp3) is 0.538. The van der Waals surface area contributed by atoms with Gasteiger partial charge in [-0.3, -0.25) is 4.48 Å². The summed E-state index contributed by atoms with van der Waals surface area (Å²) < 4.78 is 0.839. The normalized spacial score (nSPS) is 21.6. The molecule has 3 heteroatoms. The van der Waals surface area contributed by atoms with Crippen LogP contribution in [-0.2, 0) is 0 Å². The molecule has 0 aromatic heterocycles. The van der Waals surface area contributed by atoms with E-state index in [2.05, 4.69) is 44.3 Å². The first-order valence-corrected chi connectivity index (χ1v) is 6.03. The van der Waals surface area contributed by atoms with Crippen molar-refractivity contribution in [2.75, 3.05) is 25.0 Å². The molecule has 0 fully saturated rings. The molecule has 0 amide bonds. The number of hydrogen-bond acceptors (Lipinski definition) is 2. The van der Waals surface area contributed by atoms with Crippen LogP contribution >= 0.6 is 0 Å². The second kappa shape index (κ2) is 4.07. The molecular weight excluding hydrogens is 200 g/mol. The highest BCUT2D eigenvalue weighted by Gasteiger charge is 2.43. The molecule has 1 aliphatic rings. The van der Waals surface area contributed by atoms with E-state index < -0.39 is 0 Å². The van der Waals surface area contributed by atoms with Crippen molar-refractivity contribution in [3.05, 3.63) is 23.8 Å². The van der Waals surface area contributed by atoms with Gasteiger partial charge in [-0.25, -0.2) is 0 Å². The molecule has 2 rings (SSSR count). The van der Waals surface area contributed by atoms with E-state index in [0.29, 0.717) is 0 Å². The zero-order valence-electron chi connectivity index (χ0n) is 10.3. The van der Waals surface area contributed by atoms with E-state index in [1.54, 1.807) is 0 Å². The van der Waals surface area contributed by atoms with E-state index in [1.807, 2.05) is 0 Å². The summed E-state index contributed by atoms with van der Waals surface area (Å²) in [6.07, 6.45) is 0.104. The first-order valence-electron chi connectivity index (χ1n) is 6.03. The average Bonchev–Trinajstić information content (AvgIpc) is 2.62. The van der Waals surface area contributed by atoms with Gasteiger partial charge in [-0.1, -0.05) is 6.07 Å². The number of aliphatic hydroxyl groups excluding tert-OH is 1. The number of nitrogens with one attached hydrogen (secondary N) is 1. The Kier molecular flexibility index (Phi) is 2.91. The monoisotopic (exact) mass is 221 g/mol. The number of anilines is 1. The van der Waals surface area contributed by atoms with Crippen LogP contribution in [-0.4, -0.2) is 31.0 Å². The minimum atomic E-state index is 0.104. The van der Waals surface area contributed by atoms with Crippen LogP contribution in [0.3, 0.4) is 0 Å². The van der Waals surface area contributed by atoms with Gasteiger partial charge >= 0.3 is 0 Å². The number of benzene rings is 1. The zero-order chi connectivity index (χ0) is 11.8. The Morgan fingerprint density at radius 2 is 2.00 bits per heavy atom. The smallest absolute Gasteiger partial charge is 0.190 e. The minimum Gasteiger partial charge on any atom is -0.388 e. The van der Waals surface area contributed by atoms with Crippen LogP contribution in [0.1, 0.15) is 19.4 Å². The standard InChI is InChI=1S/C13H21N2O/c1-4-15(5-2)12-7-6-10(3)8-11(12)14-13(15)9-16/h6-8,13-14,16H,4-5,9H2,1-3H3/q+1. The summed E-state index contributed by atoms with van der Waals surface area (Å²) in [7, 11) is 0. The Hall–Kier alpha value is -1.06. The number of rotatable bonds is 3. The molecule has 0 saturated carbocycles. The summed E-state index contributed by atoms with van der Waals surface area (Å²) >= 11 is 0. The highest BCUT2D eigenvalue weighted by Crippen LogP contribution is 2.40. The third-order valence-electron chi connectivity index (χ3n) is 3.85. The lowest BCUT2D eigenvalue weighted by Gasteiger charge is -2.36. The Morgan fingerprint density at radius 1 is 1.31 bits per heavy atom. The van der Waals surface area contributed by atoms with Crippen molar-refractivity contribution >= 4 is 11.4 Å². The van der Waals surface area contributed by atoms with Crippen LogP contribution in [0.4, 0.5) is 11.4 Å². The summed E-state index contributed by atoms with van der Waals surface area (Å²) in [4.78, 5) is 0. The number of aryl methyl sites for hydroxylation is 1. The zero-order valence-corrected chi connectivity index (χ0v) is 10.3. The highest BCUT2D eigenvalue weighted by molar-refractivity contribution is 5.74. The number of quaternary nitrogens is 1. The van der Waals surface area contributed by atoms with Crippen molar-refractivity contribution < 1.29 is 5.11 Å². The fourth-order valence-electron chi connectivity index (χ4n) is 2.83. The van der Waals surface area contributed by atoms with Crippen LogP contribution in [0.5, 0.6) is 0 Å². The second-order valence-electron chi connectivity index (χ2n) is 4.53. The molecule has 3 nitrogen and oxygen atoms in total. The Bertz CT molecular complexity index is 386. The minimum absolute atomic E-state index is 0.104. The molecule has 1 unspecified atom stereocenters. The van der Waals surface area contributed by atoms with Gasteiger partial charge in [0.1, 0.15) is 12.3 Å². The van der Waals surface area contributed by atoms with Crippen molar-refractivity contribution in [1.82, 2.24) is 4.48 Å². The Labute approximate surface area is 97.3 Å². The molecule has 1 aliphatic heterocycles. The van der Waals surface area contributed by atoms with Gasteiger partial charge in [-0.05, 0) is 32.4 Å². The number of hydrogen-bond donors (Lipinski definition) is 2. The molecule has 0 saturated heterocycles. The number of aliphatic hydroxyl groups is 1. The van der Waals surface area contributed by atoms with Crippen molar-refractivity contribution in [2.24, 2.45) is 0 Å². The maximum Gasteiger partial charge on any atom is 0.190 e. The van der Waals surface area contributed by atoms with E-state index in [-0.39, 0.29) is 12.8 Å². The van der Waals surface area contributed by atoms with Crippen molar-refractivity contribution in [2.45, 2.75) is 26.9 Å². The molecule has 0 bridgehead atoms. The molecule has 0 radical (unpaired) electrons. The quantitative estimate of drug-likeness (QED) is 0.766. The predicted molar refractivity (Wildman–Crippen MR) is 68.6 cm³/mol. The van der Waals surface area contributed by atoms with Crippen LogP contribution in [0.25, 0.3) is 0 Å². The molecule has 0 spiro atoms. The lowest BCUT2D eigenvalue weighted by molar-refractivity contribution is 0.163.